The second-order valence-electron chi connectivity index (χ2n) is 4.60. The second kappa shape index (κ2) is 5.54. The molecule has 4 nitrogen and oxygen atoms in total. The summed E-state index contributed by atoms with van der Waals surface area (Å²) in [4.78, 5) is 8.06. The number of anilines is 1. The van der Waals surface area contributed by atoms with Crippen LogP contribution >= 0.6 is 11.6 Å². The maximum Gasteiger partial charge on any atom is 0.198 e. The van der Waals surface area contributed by atoms with Crippen molar-refractivity contribution in [2.75, 3.05) is 19.0 Å². The minimum atomic E-state index is 0.351. The number of nitrogens with one attached hydrogen (secondary N) is 1. The van der Waals surface area contributed by atoms with Crippen LogP contribution in [0.15, 0.2) is 6.33 Å². The molecule has 0 saturated heterocycles. The number of hydrogen-bond donors (Lipinski definition) is 1. The van der Waals surface area contributed by atoms with Crippen LogP contribution in [0, 0.1) is 11.8 Å². The van der Waals surface area contributed by atoms with Crippen LogP contribution in [0.1, 0.15) is 26.2 Å². The highest BCUT2D eigenvalue weighted by atomic mass is 35.5. The van der Waals surface area contributed by atoms with Crippen molar-refractivity contribution in [2.45, 2.75) is 26.2 Å². The van der Waals surface area contributed by atoms with Crippen LogP contribution in [-0.2, 0) is 0 Å². The first-order chi connectivity index (χ1) is 8.22. The summed E-state index contributed by atoms with van der Waals surface area (Å²) in [5.41, 5.74) is 0. The molecule has 5 heteroatoms. The highest BCUT2D eigenvalue weighted by Gasteiger charge is 2.23. The van der Waals surface area contributed by atoms with Crippen molar-refractivity contribution >= 4 is 17.4 Å². The quantitative estimate of drug-likeness (QED) is 0.841. The van der Waals surface area contributed by atoms with Gasteiger partial charge in [-0.1, -0.05) is 31.4 Å². The van der Waals surface area contributed by atoms with E-state index in [0.29, 0.717) is 22.6 Å². The fourth-order valence-electron chi connectivity index (χ4n) is 2.41. The normalized spacial score (nSPS) is 23.7. The molecular formula is C12H18ClN3O. The van der Waals surface area contributed by atoms with E-state index in [4.69, 9.17) is 16.3 Å². The van der Waals surface area contributed by atoms with Crippen molar-refractivity contribution in [3.05, 3.63) is 11.5 Å². The first-order valence-electron chi connectivity index (χ1n) is 6.00. The molecule has 17 heavy (non-hydrogen) atoms. The number of nitrogens with zero attached hydrogens (tertiary/aromatic N) is 2. The van der Waals surface area contributed by atoms with Gasteiger partial charge >= 0.3 is 0 Å². The molecule has 1 aliphatic rings. The molecule has 1 aromatic rings. The van der Waals surface area contributed by atoms with E-state index in [9.17, 15) is 0 Å². The van der Waals surface area contributed by atoms with E-state index in [2.05, 4.69) is 22.2 Å². The van der Waals surface area contributed by atoms with Gasteiger partial charge in [-0.05, 0) is 18.3 Å². The maximum absolute atomic E-state index is 5.94. The first-order valence-corrected chi connectivity index (χ1v) is 6.38. The molecule has 2 rings (SSSR count). The fraction of sp³-hybridized carbons (Fsp3) is 0.667. The third-order valence-electron chi connectivity index (χ3n) is 3.54. The second-order valence-corrected chi connectivity index (χ2v) is 4.95. The molecule has 0 bridgehead atoms. The number of aromatic nitrogens is 2. The van der Waals surface area contributed by atoms with Gasteiger partial charge in [0.15, 0.2) is 16.7 Å². The molecule has 0 spiro atoms. The Balaban J connectivity index is 2.01. The minimum Gasteiger partial charge on any atom is -0.490 e. The molecule has 1 aliphatic carbocycles. The molecule has 1 heterocycles. The van der Waals surface area contributed by atoms with E-state index < -0.39 is 0 Å². The Kier molecular flexibility index (Phi) is 4.05. The van der Waals surface area contributed by atoms with Crippen LogP contribution in [0.25, 0.3) is 0 Å². The number of halogens is 1. The molecule has 1 aromatic heterocycles. The summed E-state index contributed by atoms with van der Waals surface area (Å²) in [5, 5.41) is 3.67. The van der Waals surface area contributed by atoms with E-state index in [1.54, 1.807) is 7.11 Å². The Labute approximate surface area is 107 Å². The van der Waals surface area contributed by atoms with Gasteiger partial charge in [-0.15, -0.1) is 0 Å². The molecule has 2 unspecified atom stereocenters. The van der Waals surface area contributed by atoms with Crippen molar-refractivity contribution in [2.24, 2.45) is 11.8 Å². The number of rotatable bonds is 4. The van der Waals surface area contributed by atoms with Crippen LogP contribution in [-0.4, -0.2) is 23.6 Å². The van der Waals surface area contributed by atoms with Crippen LogP contribution < -0.4 is 10.1 Å². The monoisotopic (exact) mass is 255 g/mol. The van der Waals surface area contributed by atoms with Crippen LogP contribution in [0.4, 0.5) is 5.82 Å². The zero-order chi connectivity index (χ0) is 12.3. The summed E-state index contributed by atoms with van der Waals surface area (Å²) < 4.78 is 5.20. The van der Waals surface area contributed by atoms with E-state index in [1.165, 1.54) is 25.6 Å². The highest BCUT2D eigenvalue weighted by molar-refractivity contribution is 6.31. The lowest BCUT2D eigenvalue weighted by atomic mass is 9.98. The van der Waals surface area contributed by atoms with E-state index >= 15 is 0 Å². The van der Waals surface area contributed by atoms with Crippen LogP contribution in [0.3, 0.4) is 0 Å². The molecule has 1 saturated carbocycles. The minimum absolute atomic E-state index is 0.351. The summed E-state index contributed by atoms with van der Waals surface area (Å²) in [6.07, 6.45) is 5.39. The Morgan fingerprint density at radius 1 is 1.47 bits per heavy atom. The van der Waals surface area contributed by atoms with E-state index in [-0.39, 0.29) is 0 Å². The van der Waals surface area contributed by atoms with Crippen molar-refractivity contribution < 1.29 is 4.74 Å². The molecule has 0 aliphatic heterocycles. The molecule has 0 aromatic carbocycles. The van der Waals surface area contributed by atoms with Gasteiger partial charge in [-0.25, -0.2) is 9.97 Å². The molecule has 1 N–H and O–H groups in total. The molecule has 0 radical (unpaired) electrons. The van der Waals surface area contributed by atoms with Gasteiger partial charge in [0.2, 0.25) is 0 Å². The summed E-state index contributed by atoms with van der Waals surface area (Å²) >= 11 is 5.94. The zero-order valence-corrected chi connectivity index (χ0v) is 11.0. The van der Waals surface area contributed by atoms with Gasteiger partial charge in [0, 0.05) is 6.54 Å². The Hall–Kier alpha value is -1.03. The van der Waals surface area contributed by atoms with Crippen molar-refractivity contribution in [3.8, 4) is 5.75 Å². The predicted octanol–water partition coefficient (Wildman–Crippen LogP) is 2.99. The Bertz CT molecular complexity index is 386. The largest absolute Gasteiger partial charge is 0.490 e. The Morgan fingerprint density at radius 2 is 2.29 bits per heavy atom. The lowest BCUT2D eigenvalue weighted by Gasteiger charge is -2.17. The summed E-state index contributed by atoms with van der Waals surface area (Å²) in [5.74, 6) is 2.71. The molecule has 0 amide bonds. The van der Waals surface area contributed by atoms with E-state index in [0.717, 1.165) is 12.5 Å². The van der Waals surface area contributed by atoms with Gasteiger partial charge in [-0.2, -0.15) is 0 Å². The SMILES string of the molecule is COc1c(Cl)ncnc1NCC1CCCC1C. The summed E-state index contributed by atoms with van der Waals surface area (Å²) in [7, 11) is 1.58. The third-order valence-corrected chi connectivity index (χ3v) is 3.80. The predicted molar refractivity (Wildman–Crippen MR) is 68.6 cm³/mol. The maximum atomic E-state index is 5.94. The lowest BCUT2D eigenvalue weighted by molar-refractivity contribution is 0.409. The van der Waals surface area contributed by atoms with Crippen molar-refractivity contribution in [1.82, 2.24) is 9.97 Å². The van der Waals surface area contributed by atoms with Crippen molar-refractivity contribution in [3.63, 3.8) is 0 Å². The highest BCUT2D eigenvalue weighted by Crippen LogP contribution is 2.33. The fourth-order valence-corrected chi connectivity index (χ4v) is 2.62. The summed E-state index contributed by atoms with van der Waals surface area (Å²) in [6.45, 7) is 3.23. The first kappa shape index (κ1) is 12.4. The molecule has 2 atom stereocenters. The third kappa shape index (κ3) is 2.80. The van der Waals surface area contributed by atoms with Gasteiger partial charge < -0.3 is 10.1 Å². The van der Waals surface area contributed by atoms with Crippen LogP contribution in [0.2, 0.25) is 5.15 Å². The Morgan fingerprint density at radius 3 is 2.94 bits per heavy atom. The smallest absolute Gasteiger partial charge is 0.198 e. The molecular weight excluding hydrogens is 238 g/mol. The number of ether oxygens (including phenoxy) is 1. The van der Waals surface area contributed by atoms with Gasteiger partial charge in [-0.3, -0.25) is 0 Å². The van der Waals surface area contributed by atoms with Gasteiger partial charge in [0.05, 0.1) is 7.11 Å². The molecule has 1 fully saturated rings. The summed E-state index contributed by atoms with van der Waals surface area (Å²) in [6, 6.07) is 0. The standard InChI is InChI=1S/C12H18ClN3O/c1-8-4-3-5-9(8)6-14-12-10(17-2)11(13)15-7-16-12/h7-9H,3-6H2,1-2H3,(H,14,15,16). The average Bonchev–Trinajstić information content (AvgIpc) is 2.72. The topological polar surface area (TPSA) is 47.0 Å². The number of hydrogen-bond acceptors (Lipinski definition) is 4. The van der Waals surface area contributed by atoms with Crippen LogP contribution in [0.5, 0.6) is 5.75 Å². The zero-order valence-electron chi connectivity index (χ0n) is 10.2. The molecule has 94 valence electrons. The van der Waals surface area contributed by atoms with Gasteiger partial charge in [0.25, 0.3) is 0 Å². The van der Waals surface area contributed by atoms with E-state index in [1.807, 2.05) is 0 Å². The lowest BCUT2D eigenvalue weighted by Crippen LogP contribution is -2.17. The average molecular weight is 256 g/mol. The van der Waals surface area contributed by atoms with Crippen molar-refractivity contribution in [1.29, 1.82) is 0 Å². The van der Waals surface area contributed by atoms with Gasteiger partial charge in [0.1, 0.15) is 6.33 Å². The number of methoxy groups -OCH3 is 1.